The van der Waals surface area contributed by atoms with Gasteiger partial charge in [0.05, 0.1) is 23.6 Å². The normalized spacial score (nSPS) is 26.6. The second-order valence-electron chi connectivity index (χ2n) is 12.0. The van der Waals surface area contributed by atoms with Crippen molar-refractivity contribution < 1.29 is 50.5 Å². The molecule has 0 bridgehead atoms. The molecule has 0 radical (unpaired) electrons. The Kier molecular flexibility index (Phi) is 10.00. The molecule has 6 unspecified atom stereocenters. The maximum Gasteiger partial charge on any atom is 0.323 e. The zero-order valence-corrected chi connectivity index (χ0v) is 28.3. The third kappa shape index (κ3) is 7.74. The van der Waals surface area contributed by atoms with Crippen LogP contribution in [0, 0.1) is 11.8 Å². The smallest absolute Gasteiger partial charge is 0.323 e. The molecule has 0 saturated heterocycles. The molecule has 0 aromatic heterocycles. The zero-order valence-electron chi connectivity index (χ0n) is 26.7. The van der Waals surface area contributed by atoms with E-state index in [1.54, 1.807) is 0 Å². The largest absolute Gasteiger partial charge is 0.385 e. The van der Waals surface area contributed by atoms with Gasteiger partial charge in [0.25, 0.3) is 32.1 Å². The standard InChI is InChI=1S/C35H30N4O11S2/c40-27-17-15-25(31-23(27)3-1-5-29(31)51(45,46)47)38-33(42)19-7-11-21(12-8-19)36-35(44)37-22-13-9-20(10-14-22)34(43)39-26-16-18-28(41)24-4-2-6-30(32(24)26)52(48,49)50/h1-18,27-32,40-41H,(H2,36,37,44)(H,45,46,47)(H,48,49,50). The number of benzene rings is 2. The van der Waals surface area contributed by atoms with Crippen molar-refractivity contribution in [2.45, 2.75) is 22.7 Å². The summed E-state index contributed by atoms with van der Waals surface area (Å²) in [6.07, 6.45) is 11.5. The summed E-state index contributed by atoms with van der Waals surface area (Å²) >= 11 is 0. The Hall–Kier alpha value is -5.43. The zero-order chi connectivity index (χ0) is 37.4. The number of rotatable bonds is 6. The van der Waals surface area contributed by atoms with Crippen LogP contribution in [0.4, 0.5) is 16.2 Å². The number of urea groups is 1. The monoisotopic (exact) mass is 746 g/mol. The van der Waals surface area contributed by atoms with Crippen LogP contribution < -0.4 is 10.6 Å². The number of hydrogen-bond acceptors (Lipinski definition) is 9. The van der Waals surface area contributed by atoms with E-state index in [1.807, 2.05) is 0 Å². The lowest BCUT2D eigenvalue weighted by Gasteiger charge is -2.32. The third-order valence-corrected chi connectivity index (χ3v) is 10.9. The van der Waals surface area contributed by atoms with E-state index < -0.39 is 72.6 Å². The number of hydrogen-bond donors (Lipinski definition) is 6. The number of anilines is 2. The van der Waals surface area contributed by atoms with Crippen molar-refractivity contribution in [3.63, 3.8) is 0 Å². The lowest BCUT2D eigenvalue weighted by molar-refractivity contribution is 0.0994. The number of aliphatic hydroxyl groups excluding tert-OH is 2. The number of allylic oxidation sites excluding steroid dienone is 6. The number of aliphatic hydroxyl groups is 2. The maximum atomic E-state index is 13.0. The van der Waals surface area contributed by atoms with Gasteiger partial charge in [0.15, 0.2) is 0 Å². The minimum absolute atomic E-state index is 0.0413. The Morgan fingerprint density at radius 2 is 0.942 bits per heavy atom. The van der Waals surface area contributed by atoms with Crippen molar-refractivity contribution in [2.24, 2.45) is 21.8 Å². The summed E-state index contributed by atoms with van der Waals surface area (Å²) in [4.78, 5) is 46.8. The number of fused-ring (bicyclic) bond motifs is 2. The molecule has 0 heterocycles. The minimum atomic E-state index is -4.58. The van der Waals surface area contributed by atoms with Crippen molar-refractivity contribution in [1.29, 1.82) is 0 Å². The Bertz CT molecular complexity index is 2140. The van der Waals surface area contributed by atoms with Crippen molar-refractivity contribution in [2.75, 3.05) is 10.6 Å². The third-order valence-electron chi connectivity index (χ3n) is 8.70. The summed E-state index contributed by atoms with van der Waals surface area (Å²) in [7, 11) is -9.17. The second kappa shape index (κ2) is 14.3. The first-order valence-corrected chi connectivity index (χ1v) is 18.6. The van der Waals surface area contributed by atoms with E-state index in [2.05, 4.69) is 20.6 Å². The molecule has 2 aromatic carbocycles. The molecule has 4 aliphatic rings. The van der Waals surface area contributed by atoms with E-state index >= 15 is 0 Å². The van der Waals surface area contributed by atoms with E-state index in [0.717, 1.165) is 0 Å². The van der Waals surface area contributed by atoms with Crippen LogP contribution in [0.1, 0.15) is 20.7 Å². The summed E-state index contributed by atoms with van der Waals surface area (Å²) in [6, 6.07) is 10.7. The number of aliphatic imine (C=N–C) groups is 2. The molecule has 17 heteroatoms. The lowest BCUT2D eigenvalue weighted by Crippen LogP contribution is -2.40. The molecule has 4 amide bonds. The Morgan fingerprint density at radius 1 is 0.577 bits per heavy atom. The summed E-state index contributed by atoms with van der Waals surface area (Å²) < 4.78 is 67.6. The molecule has 6 rings (SSSR count). The number of amides is 4. The molecule has 6 N–H and O–H groups in total. The van der Waals surface area contributed by atoms with Gasteiger partial charge in [0.1, 0.15) is 10.5 Å². The first-order chi connectivity index (χ1) is 24.6. The van der Waals surface area contributed by atoms with Gasteiger partial charge in [0, 0.05) is 34.3 Å². The fourth-order valence-corrected chi connectivity index (χ4v) is 8.08. The Balaban J connectivity index is 1.09. The van der Waals surface area contributed by atoms with Gasteiger partial charge < -0.3 is 20.8 Å². The highest BCUT2D eigenvalue weighted by Gasteiger charge is 2.42. The molecule has 6 atom stereocenters. The van der Waals surface area contributed by atoms with Crippen LogP contribution in [0.15, 0.2) is 130 Å². The summed E-state index contributed by atoms with van der Waals surface area (Å²) in [5, 5.41) is 22.9. The van der Waals surface area contributed by atoms with Gasteiger partial charge in [-0.1, -0.05) is 48.6 Å². The fourth-order valence-electron chi connectivity index (χ4n) is 6.22. The van der Waals surface area contributed by atoms with E-state index in [0.29, 0.717) is 11.4 Å². The van der Waals surface area contributed by atoms with E-state index in [9.17, 15) is 50.5 Å². The average molecular weight is 747 g/mol. The molecule has 15 nitrogen and oxygen atoms in total. The number of nitrogens with one attached hydrogen (secondary N) is 2. The predicted octanol–water partition coefficient (Wildman–Crippen LogP) is 3.09. The van der Waals surface area contributed by atoms with E-state index in [1.165, 1.54) is 109 Å². The fraction of sp³-hybridized carbons (Fsp3) is 0.171. The molecule has 4 aliphatic carbocycles. The van der Waals surface area contributed by atoms with Crippen LogP contribution in [-0.2, 0) is 20.2 Å². The molecular formula is C35H30N4O11S2. The summed E-state index contributed by atoms with van der Waals surface area (Å²) in [5.41, 5.74) is 1.45. The van der Waals surface area contributed by atoms with Crippen LogP contribution in [0.25, 0.3) is 0 Å². The van der Waals surface area contributed by atoms with Crippen LogP contribution in [-0.4, -0.2) is 88.1 Å². The second-order valence-corrected chi connectivity index (χ2v) is 15.2. The lowest BCUT2D eigenvalue weighted by atomic mass is 9.80. The molecule has 0 saturated carbocycles. The topological polar surface area (TPSA) is 249 Å². The van der Waals surface area contributed by atoms with Crippen molar-refractivity contribution >= 4 is 60.9 Å². The number of carbonyl (C=O) groups is 3. The Labute approximate surface area is 297 Å². The van der Waals surface area contributed by atoms with Crippen molar-refractivity contribution in [1.82, 2.24) is 0 Å². The van der Waals surface area contributed by atoms with Gasteiger partial charge in [-0.3, -0.25) is 18.7 Å². The van der Waals surface area contributed by atoms with Crippen LogP contribution in [0.3, 0.4) is 0 Å². The van der Waals surface area contributed by atoms with Crippen molar-refractivity contribution in [3.05, 3.63) is 132 Å². The minimum Gasteiger partial charge on any atom is -0.385 e. The van der Waals surface area contributed by atoms with E-state index in [4.69, 9.17) is 0 Å². The number of carbonyl (C=O) groups excluding carboxylic acids is 3. The molecule has 0 spiro atoms. The van der Waals surface area contributed by atoms with Gasteiger partial charge in [-0.15, -0.1) is 0 Å². The Morgan fingerprint density at radius 3 is 1.29 bits per heavy atom. The van der Waals surface area contributed by atoms with Gasteiger partial charge in [-0.05, 0) is 71.8 Å². The molecule has 2 aromatic rings. The predicted molar refractivity (Wildman–Crippen MR) is 191 cm³/mol. The highest BCUT2D eigenvalue weighted by Crippen LogP contribution is 2.35. The maximum absolute atomic E-state index is 13.0. The van der Waals surface area contributed by atoms with E-state index in [-0.39, 0.29) is 33.7 Å². The SMILES string of the molecule is O=C(Nc1ccc(C(=O)N=C2C=CC(O)C3=CC=CC(S(=O)(=O)O)C32)cc1)Nc1ccc(C(=O)N=C2C=CC(O)C3=CC=CC(S(=O)(=O)O)C32)cc1. The molecular weight excluding hydrogens is 717 g/mol. The highest BCUT2D eigenvalue weighted by atomic mass is 32.2. The van der Waals surface area contributed by atoms with Gasteiger partial charge >= 0.3 is 6.03 Å². The van der Waals surface area contributed by atoms with Crippen LogP contribution in [0.2, 0.25) is 0 Å². The summed E-state index contributed by atoms with van der Waals surface area (Å²) in [5.74, 6) is -3.59. The number of nitrogens with zero attached hydrogens (tertiary/aromatic N) is 2. The molecule has 0 aliphatic heterocycles. The quantitative estimate of drug-likeness (QED) is 0.234. The first kappa shape index (κ1) is 36.4. The molecule has 0 fully saturated rings. The van der Waals surface area contributed by atoms with Crippen LogP contribution >= 0.6 is 0 Å². The molecule has 268 valence electrons. The van der Waals surface area contributed by atoms with Gasteiger partial charge in [0.2, 0.25) is 0 Å². The van der Waals surface area contributed by atoms with Gasteiger partial charge in [-0.2, -0.15) is 16.8 Å². The first-order valence-electron chi connectivity index (χ1n) is 15.6. The average Bonchev–Trinajstić information content (AvgIpc) is 3.10. The van der Waals surface area contributed by atoms with Crippen LogP contribution in [0.5, 0.6) is 0 Å². The molecule has 52 heavy (non-hydrogen) atoms. The van der Waals surface area contributed by atoms with Gasteiger partial charge in [-0.25, -0.2) is 14.8 Å². The highest BCUT2D eigenvalue weighted by molar-refractivity contribution is 7.87. The van der Waals surface area contributed by atoms with Crippen molar-refractivity contribution in [3.8, 4) is 0 Å². The summed E-state index contributed by atoms with van der Waals surface area (Å²) in [6.45, 7) is 0.